The van der Waals surface area contributed by atoms with Crippen molar-refractivity contribution in [1.29, 1.82) is 0 Å². The molecule has 0 aliphatic carbocycles. The van der Waals surface area contributed by atoms with Gasteiger partial charge in [-0.2, -0.15) is 0 Å². The minimum absolute atomic E-state index is 0.0873. The Morgan fingerprint density at radius 2 is 2.29 bits per heavy atom. The zero-order chi connectivity index (χ0) is 12.8. The zero-order valence-electron chi connectivity index (χ0n) is 9.93. The van der Waals surface area contributed by atoms with Gasteiger partial charge in [0.15, 0.2) is 0 Å². The number of carbonyl (C=O) groups excluding carboxylic acids is 1. The summed E-state index contributed by atoms with van der Waals surface area (Å²) in [6, 6.07) is 5.75. The molecular weight excluding hydrogens is 221 g/mol. The molecule has 1 unspecified atom stereocenters. The van der Waals surface area contributed by atoms with Crippen LogP contribution in [-0.4, -0.2) is 35.6 Å². The molecule has 0 bridgehead atoms. The Kier molecular flexibility index (Phi) is 4.84. The van der Waals surface area contributed by atoms with Gasteiger partial charge < -0.3 is 10.0 Å². The highest BCUT2D eigenvalue weighted by Gasteiger charge is 2.11. The molecular formula is C13H16FNO2. The maximum Gasteiger partial charge on any atom is 0.246 e. The van der Waals surface area contributed by atoms with Crippen molar-refractivity contribution in [2.45, 2.75) is 13.0 Å². The molecule has 1 aromatic carbocycles. The highest BCUT2D eigenvalue weighted by atomic mass is 19.1. The van der Waals surface area contributed by atoms with Crippen molar-refractivity contribution in [2.24, 2.45) is 0 Å². The summed E-state index contributed by atoms with van der Waals surface area (Å²) in [7, 11) is 1.61. The zero-order valence-corrected chi connectivity index (χ0v) is 9.93. The van der Waals surface area contributed by atoms with Crippen molar-refractivity contribution in [1.82, 2.24) is 4.90 Å². The van der Waals surface area contributed by atoms with Gasteiger partial charge in [0.1, 0.15) is 5.82 Å². The van der Waals surface area contributed by atoms with Gasteiger partial charge in [-0.3, -0.25) is 4.79 Å². The minimum atomic E-state index is -0.336. The van der Waals surface area contributed by atoms with Crippen LogP contribution in [0.25, 0.3) is 6.08 Å². The first-order valence-corrected chi connectivity index (χ1v) is 5.36. The van der Waals surface area contributed by atoms with Gasteiger partial charge in [0.2, 0.25) is 5.91 Å². The van der Waals surface area contributed by atoms with E-state index in [1.807, 2.05) is 0 Å². The minimum Gasteiger partial charge on any atom is -0.394 e. The monoisotopic (exact) mass is 237 g/mol. The number of hydrogen-bond acceptors (Lipinski definition) is 2. The van der Waals surface area contributed by atoms with Gasteiger partial charge in [0, 0.05) is 13.1 Å². The number of benzene rings is 1. The maximum atomic E-state index is 12.9. The lowest BCUT2D eigenvalue weighted by atomic mass is 10.2. The van der Waals surface area contributed by atoms with E-state index in [-0.39, 0.29) is 24.4 Å². The molecule has 0 fully saturated rings. The van der Waals surface area contributed by atoms with Crippen LogP contribution in [-0.2, 0) is 4.79 Å². The predicted octanol–water partition coefficient (Wildman–Crippen LogP) is 1.68. The molecule has 0 spiro atoms. The molecule has 0 radical (unpaired) electrons. The van der Waals surface area contributed by atoms with Crippen molar-refractivity contribution >= 4 is 12.0 Å². The molecule has 0 aliphatic heterocycles. The Morgan fingerprint density at radius 3 is 2.88 bits per heavy atom. The van der Waals surface area contributed by atoms with Crippen LogP contribution in [0.3, 0.4) is 0 Å². The summed E-state index contributed by atoms with van der Waals surface area (Å²) >= 11 is 0. The number of hydrogen-bond donors (Lipinski definition) is 1. The topological polar surface area (TPSA) is 40.5 Å². The van der Waals surface area contributed by atoms with E-state index in [0.29, 0.717) is 5.56 Å². The van der Waals surface area contributed by atoms with E-state index < -0.39 is 0 Å². The largest absolute Gasteiger partial charge is 0.394 e. The average molecular weight is 237 g/mol. The van der Waals surface area contributed by atoms with Crippen LogP contribution < -0.4 is 0 Å². The second kappa shape index (κ2) is 6.15. The lowest BCUT2D eigenvalue weighted by molar-refractivity contribution is -0.127. The molecule has 0 heterocycles. The van der Waals surface area contributed by atoms with Crippen LogP contribution in [0.1, 0.15) is 12.5 Å². The van der Waals surface area contributed by atoms with Crippen molar-refractivity contribution in [3.05, 3.63) is 41.7 Å². The van der Waals surface area contributed by atoms with Gasteiger partial charge in [0.25, 0.3) is 0 Å². The molecule has 1 atom stereocenters. The van der Waals surface area contributed by atoms with E-state index >= 15 is 0 Å². The van der Waals surface area contributed by atoms with Crippen molar-refractivity contribution < 1.29 is 14.3 Å². The third kappa shape index (κ3) is 4.00. The maximum absolute atomic E-state index is 12.9. The van der Waals surface area contributed by atoms with Crippen LogP contribution in [0, 0.1) is 5.82 Å². The summed E-state index contributed by atoms with van der Waals surface area (Å²) in [6.07, 6.45) is 2.91. The van der Waals surface area contributed by atoms with Gasteiger partial charge in [-0.1, -0.05) is 12.1 Å². The number of nitrogens with zero attached hydrogens (tertiary/aromatic N) is 1. The van der Waals surface area contributed by atoms with Gasteiger partial charge >= 0.3 is 0 Å². The number of amides is 1. The number of rotatable bonds is 4. The standard InChI is InChI=1S/C13H16FNO2/c1-10(9-16)15(2)13(17)7-6-11-4-3-5-12(14)8-11/h3-8,10,16H,9H2,1-2H3/b7-6+. The van der Waals surface area contributed by atoms with E-state index in [1.165, 1.54) is 23.1 Å². The van der Waals surface area contributed by atoms with E-state index in [2.05, 4.69) is 0 Å². The molecule has 1 amide bonds. The summed E-state index contributed by atoms with van der Waals surface area (Å²) in [5.74, 6) is -0.563. The fourth-order valence-corrected chi connectivity index (χ4v) is 1.24. The summed E-state index contributed by atoms with van der Waals surface area (Å²) in [5, 5.41) is 8.91. The van der Waals surface area contributed by atoms with Crippen LogP contribution >= 0.6 is 0 Å². The van der Waals surface area contributed by atoms with Crippen LogP contribution in [0.2, 0.25) is 0 Å². The average Bonchev–Trinajstić information content (AvgIpc) is 2.34. The molecule has 0 aromatic heterocycles. The summed E-state index contributed by atoms with van der Waals surface area (Å²) in [5.41, 5.74) is 0.628. The van der Waals surface area contributed by atoms with Crippen LogP contribution in [0.5, 0.6) is 0 Å². The Balaban J connectivity index is 2.68. The molecule has 17 heavy (non-hydrogen) atoms. The molecule has 0 saturated carbocycles. The predicted molar refractivity (Wildman–Crippen MR) is 64.8 cm³/mol. The van der Waals surface area contributed by atoms with Crippen molar-refractivity contribution in [3.8, 4) is 0 Å². The molecule has 92 valence electrons. The van der Waals surface area contributed by atoms with Gasteiger partial charge in [0.05, 0.1) is 12.6 Å². The number of likely N-dealkylation sites (N-methyl/N-ethyl adjacent to an activating group) is 1. The number of aliphatic hydroxyl groups is 1. The Morgan fingerprint density at radius 1 is 1.59 bits per heavy atom. The molecule has 3 nitrogen and oxygen atoms in total. The van der Waals surface area contributed by atoms with Crippen molar-refractivity contribution in [2.75, 3.05) is 13.7 Å². The first kappa shape index (κ1) is 13.4. The van der Waals surface area contributed by atoms with Gasteiger partial charge in [-0.05, 0) is 30.7 Å². The highest BCUT2D eigenvalue weighted by Crippen LogP contribution is 2.06. The Bertz CT molecular complexity index is 418. The fourth-order valence-electron chi connectivity index (χ4n) is 1.24. The molecule has 1 rings (SSSR count). The van der Waals surface area contributed by atoms with Gasteiger partial charge in [-0.15, -0.1) is 0 Å². The van der Waals surface area contributed by atoms with E-state index in [4.69, 9.17) is 5.11 Å². The third-order valence-electron chi connectivity index (χ3n) is 2.54. The number of aliphatic hydroxyl groups excluding tert-OH is 1. The molecule has 4 heteroatoms. The smallest absolute Gasteiger partial charge is 0.246 e. The lowest BCUT2D eigenvalue weighted by Gasteiger charge is -2.21. The first-order chi connectivity index (χ1) is 8.04. The van der Waals surface area contributed by atoms with Crippen LogP contribution in [0.4, 0.5) is 4.39 Å². The Labute approximate surface area is 100 Å². The van der Waals surface area contributed by atoms with E-state index in [1.54, 1.807) is 32.2 Å². The summed E-state index contributed by atoms with van der Waals surface area (Å²) < 4.78 is 12.9. The first-order valence-electron chi connectivity index (χ1n) is 5.36. The second-order valence-electron chi connectivity index (χ2n) is 3.87. The Hall–Kier alpha value is -1.68. The third-order valence-corrected chi connectivity index (χ3v) is 2.54. The van der Waals surface area contributed by atoms with E-state index in [9.17, 15) is 9.18 Å². The normalized spacial score (nSPS) is 12.7. The van der Waals surface area contributed by atoms with Crippen LogP contribution in [0.15, 0.2) is 30.3 Å². The van der Waals surface area contributed by atoms with Gasteiger partial charge in [-0.25, -0.2) is 4.39 Å². The SMILES string of the molecule is CC(CO)N(C)C(=O)/C=C/c1cccc(F)c1. The summed E-state index contributed by atoms with van der Waals surface area (Å²) in [4.78, 5) is 13.1. The quantitative estimate of drug-likeness (QED) is 0.809. The van der Waals surface area contributed by atoms with Crippen molar-refractivity contribution in [3.63, 3.8) is 0 Å². The second-order valence-corrected chi connectivity index (χ2v) is 3.87. The molecule has 0 saturated heterocycles. The molecule has 0 aliphatic rings. The fraction of sp³-hybridized carbons (Fsp3) is 0.308. The molecule has 1 N–H and O–H groups in total. The van der Waals surface area contributed by atoms with E-state index in [0.717, 1.165) is 0 Å². The molecule has 1 aromatic rings. The highest BCUT2D eigenvalue weighted by molar-refractivity contribution is 5.91. The number of halogens is 1. The lowest BCUT2D eigenvalue weighted by Crippen LogP contribution is -2.36. The summed E-state index contributed by atoms with van der Waals surface area (Å²) in [6.45, 7) is 1.66. The number of carbonyl (C=O) groups is 1.